The summed E-state index contributed by atoms with van der Waals surface area (Å²) in [7, 11) is 0. The smallest absolute Gasteiger partial charge is 0.220 e. The molecular weight excluding hydrogens is 370 g/mol. The van der Waals surface area contributed by atoms with E-state index in [9.17, 15) is 4.79 Å². The summed E-state index contributed by atoms with van der Waals surface area (Å²) in [6.45, 7) is 8.43. The van der Waals surface area contributed by atoms with Gasteiger partial charge in [-0.2, -0.15) is 0 Å². The predicted octanol–water partition coefficient (Wildman–Crippen LogP) is 2.79. The lowest BCUT2D eigenvalue weighted by molar-refractivity contribution is -0.121. The van der Waals surface area contributed by atoms with Gasteiger partial charge in [0.2, 0.25) is 5.91 Å². The van der Waals surface area contributed by atoms with E-state index in [1.165, 1.54) is 37.8 Å². The van der Waals surface area contributed by atoms with Crippen LogP contribution in [0, 0.1) is 5.92 Å². The van der Waals surface area contributed by atoms with Crippen molar-refractivity contribution in [2.45, 2.75) is 63.2 Å². The third-order valence-electron chi connectivity index (χ3n) is 6.20. The second-order valence-electron chi connectivity index (χ2n) is 8.06. The fourth-order valence-electron chi connectivity index (χ4n) is 4.42. The molecule has 0 radical (unpaired) electrons. The van der Waals surface area contributed by atoms with Gasteiger partial charge < -0.3 is 5.32 Å². The molecule has 0 unspecified atom stereocenters. The van der Waals surface area contributed by atoms with E-state index < -0.39 is 0 Å². The van der Waals surface area contributed by atoms with Crippen molar-refractivity contribution >= 4 is 17.7 Å². The molecule has 1 N–H and O–H groups in total. The number of nitrogens with zero attached hydrogens (tertiary/aromatic N) is 4. The minimum Gasteiger partial charge on any atom is -0.355 e. The van der Waals surface area contributed by atoms with E-state index in [1.54, 1.807) is 11.8 Å². The molecule has 0 aromatic carbocycles. The van der Waals surface area contributed by atoms with Crippen LogP contribution in [0.1, 0.15) is 51.0 Å². The van der Waals surface area contributed by atoms with Crippen molar-refractivity contribution in [1.82, 2.24) is 25.1 Å². The van der Waals surface area contributed by atoms with Gasteiger partial charge in [-0.25, -0.2) is 9.97 Å². The number of carbonyl (C=O) groups excluding carboxylic acids is 1. The van der Waals surface area contributed by atoms with Gasteiger partial charge in [0, 0.05) is 43.5 Å². The first kappa shape index (κ1) is 21.5. The van der Waals surface area contributed by atoms with E-state index in [1.807, 2.05) is 18.6 Å². The Morgan fingerprint density at radius 2 is 1.96 bits per heavy atom. The number of thioether (sulfide) groups is 1. The molecule has 3 heterocycles. The van der Waals surface area contributed by atoms with Crippen molar-refractivity contribution in [2.24, 2.45) is 5.92 Å². The van der Waals surface area contributed by atoms with E-state index in [0.29, 0.717) is 18.4 Å². The largest absolute Gasteiger partial charge is 0.355 e. The van der Waals surface area contributed by atoms with E-state index >= 15 is 0 Å². The van der Waals surface area contributed by atoms with Crippen molar-refractivity contribution in [3.8, 4) is 0 Å². The van der Waals surface area contributed by atoms with Gasteiger partial charge >= 0.3 is 0 Å². The number of hydrogen-bond donors (Lipinski definition) is 1. The van der Waals surface area contributed by atoms with Gasteiger partial charge in [-0.05, 0) is 70.5 Å². The lowest BCUT2D eigenvalue weighted by Gasteiger charge is -2.31. The maximum absolute atomic E-state index is 12.2. The lowest BCUT2D eigenvalue weighted by Crippen LogP contribution is -2.40. The summed E-state index contributed by atoms with van der Waals surface area (Å²) in [6, 6.07) is 0.547. The normalized spacial score (nSPS) is 21.9. The molecule has 0 bridgehead atoms. The molecule has 0 spiro atoms. The van der Waals surface area contributed by atoms with E-state index in [4.69, 9.17) is 0 Å². The molecule has 2 aliphatic rings. The predicted molar refractivity (Wildman–Crippen MR) is 114 cm³/mol. The summed E-state index contributed by atoms with van der Waals surface area (Å²) in [6.07, 6.45) is 12.4. The fraction of sp³-hybridized carbons (Fsp3) is 0.762. The Labute approximate surface area is 173 Å². The molecule has 1 aromatic heterocycles. The van der Waals surface area contributed by atoms with E-state index in [2.05, 4.69) is 32.0 Å². The number of aromatic nitrogens is 2. The summed E-state index contributed by atoms with van der Waals surface area (Å²) in [4.78, 5) is 25.9. The molecular formula is C21H35N5OS. The Hall–Kier alpha value is -1.18. The zero-order valence-electron chi connectivity index (χ0n) is 17.4. The minimum atomic E-state index is 0.233. The summed E-state index contributed by atoms with van der Waals surface area (Å²) in [5.41, 5.74) is 1.18. The Morgan fingerprint density at radius 3 is 2.64 bits per heavy atom. The highest BCUT2D eigenvalue weighted by atomic mass is 32.2. The Bertz CT molecular complexity index is 603. The first-order valence-electron chi connectivity index (χ1n) is 10.8. The van der Waals surface area contributed by atoms with Gasteiger partial charge in [-0.15, -0.1) is 0 Å². The van der Waals surface area contributed by atoms with Gasteiger partial charge in [0.1, 0.15) is 0 Å². The fourth-order valence-corrected chi connectivity index (χ4v) is 4.74. The van der Waals surface area contributed by atoms with Crippen LogP contribution < -0.4 is 5.32 Å². The molecule has 3 rings (SSSR count). The molecule has 2 saturated heterocycles. The third kappa shape index (κ3) is 6.42. The monoisotopic (exact) mass is 405 g/mol. The molecule has 0 saturated carbocycles. The number of hydrogen-bond acceptors (Lipinski definition) is 6. The summed E-state index contributed by atoms with van der Waals surface area (Å²) in [5, 5.41) is 4.00. The van der Waals surface area contributed by atoms with Crippen LogP contribution in [-0.2, 0) is 11.3 Å². The van der Waals surface area contributed by atoms with Gasteiger partial charge in [0.05, 0.1) is 0 Å². The second kappa shape index (κ2) is 11.1. The van der Waals surface area contributed by atoms with Crippen molar-refractivity contribution < 1.29 is 4.79 Å². The maximum Gasteiger partial charge on any atom is 0.220 e. The highest BCUT2D eigenvalue weighted by Gasteiger charge is 2.24. The first-order valence-corrected chi connectivity index (χ1v) is 12.0. The zero-order chi connectivity index (χ0) is 19.8. The first-order chi connectivity index (χ1) is 13.7. The topological polar surface area (TPSA) is 61.4 Å². The quantitative estimate of drug-likeness (QED) is 0.504. The number of nitrogens with one attached hydrogen (secondary N) is 1. The van der Waals surface area contributed by atoms with Crippen LogP contribution in [0.25, 0.3) is 0 Å². The maximum atomic E-state index is 12.2. The van der Waals surface area contributed by atoms with Crippen LogP contribution in [0.4, 0.5) is 0 Å². The van der Waals surface area contributed by atoms with E-state index in [-0.39, 0.29) is 5.91 Å². The van der Waals surface area contributed by atoms with Crippen LogP contribution >= 0.6 is 11.8 Å². The summed E-state index contributed by atoms with van der Waals surface area (Å²) >= 11 is 1.57. The van der Waals surface area contributed by atoms with Crippen LogP contribution in [0.15, 0.2) is 17.6 Å². The standard InChI is InChI=1S/C21H35N5OS/c1-3-26-10-4-5-19(26)15-22-20(27)7-6-17-8-11-25(12-9-17)16-18-13-23-21(28-2)24-14-18/h13-14,17,19H,3-12,15-16H2,1-2H3,(H,22,27)/t19-/m0/s1. The van der Waals surface area contributed by atoms with Crippen LogP contribution in [0.5, 0.6) is 0 Å². The summed E-state index contributed by atoms with van der Waals surface area (Å²) in [5.74, 6) is 0.909. The average molecular weight is 406 g/mol. The van der Waals surface area contributed by atoms with Crippen molar-refractivity contribution in [3.63, 3.8) is 0 Å². The molecule has 2 aliphatic heterocycles. The van der Waals surface area contributed by atoms with Gasteiger partial charge in [0.15, 0.2) is 5.16 Å². The molecule has 7 heteroatoms. The number of likely N-dealkylation sites (tertiary alicyclic amines) is 2. The summed E-state index contributed by atoms with van der Waals surface area (Å²) < 4.78 is 0. The lowest BCUT2D eigenvalue weighted by atomic mass is 9.92. The third-order valence-corrected chi connectivity index (χ3v) is 6.77. The molecule has 28 heavy (non-hydrogen) atoms. The minimum absolute atomic E-state index is 0.233. The molecule has 156 valence electrons. The van der Waals surface area contributed by atoms with Crippen LogP contribution in [0.3, 0.4) is 0 Å². The SMILES string of the molecule is CCN1CCC[C@H]1CNC(=O)CCC1CCN(Cc2cnc(SC)nc2)CC1. The van der Waals surface area contributed by atoms with Gasteiger partial charge in [0.25, 0.3) is 0 Å². The zero-order valence-corrected chi connectivity index (χ0v) is 18.2. The number of rotatable bonds is 9. The highest BCUT2D eigenvalue weighted by Crippen LogP contribution is 2.23. The van der Waals surface area contributed by atoms with Gasteiger partial charge in [-0.3, -0.25) is 14.6 Å². The Kier molecular flexibility index (Phi) is 8.55. The second-order valence-corrected chi connectivity index (χ2v) is 8.84. The number of likely N-dealkylation sites (N-methyl/N-ethyl adjacent to an activating group) is 1. The average Bonchev–Trinajstić information content (AvgIpc) is 3.20. The Morgan fingerprint density at radius 1 is 1.21 bits per heavy atom. The van der Waals surface area contributed by atoms with Crippen molar-refractivity contribution in [2.75, 3.05) is 39.0 Å². The molecule has 1 aromatic rings. The van der Waals surface area contributed by atoms with Crippen LogP contribution in [0.2, 0.25) is 0 Å². The number of piperidine rings is 1. The molecule has 1 atom stereocenters. The van der Waals surface area contributed by atoms with E-state index in [0.717, 1.165) is 44.3 Å². The highest BCUT2D eigenvalue weighted by molar-refractivity contribution is 7.98. The number of amides is 1. The Balaban J connectivity index is 1.30. The molecule has 2 fully saturated rings. The van der Waals surface area contributed by atoms with Crippen LogP contribution in [-0.4, -0.2) is 70.7 Å². The van der Waals surface area contributed by atoms with Crippen molar-refractivity contribution in [1.29, 1.82) is 0 Å². The van der Waals surface area contributed by atoms with Gasteiger partial charge in [-0.1, -0.05) is 18.7 Å². The molecule has 6 nitrogen and oxygen atoms in total. The number of carbonyl (C=O) groups is 1. The molecule has 0 aliphatic carbocycles. The molecule has 1 amide bonds. The van der Waals surface area contributed by atoms with Crippen molar-refractivity contribution in [3.05, 3.63) is 18.0 Å².